The van der Waals surface area contributed by atoms with Gasteiger partial charge in [0, 0.05) is 105 Å². The molecule has 0 aromatic carbocycles. The first kappa shape index (κ1) is 80.6. The Morgan fingerprint density at radius 1 is 0.430 bits per heavy atom. The average Bonchev–Trinajstić information content (AvgIpc) is 3.53. The summed E-state index contributed by atoms with van der Waals surface area (Å²) < 4.78 is 22.7. The number of hydrogen-bond acceptors (Lipinski definition) is 21. The molecule has 86 heavy (non-hydrogen) atoms. The third-order valence-corrected chi connectivity index (χ3v) is 14.3. The summed E-state index contributed by atoms with van der Waals surface area (Å²) in [5, 5.41) is 74.7. The van der Waals surface area contributed by atoms with Crippen LogP contribution in [0.5, 0.6) is 0 Å². The molecule has 35 nitrogen and oxygen atoms in total. The Morgan fingerprint density at radius 3 is 1.20 bits per heavy atom. The van der Waals surface area contributed by atoms with E-state index < -0.39 is 120 Å². The highest BCUT2D eigenvalue weighted by atomic mass is 31.2. The molecular formula is C49H94N12O23P2. The van der Waals surface area contributed by atoms with Gasteiger partial charge in [0.1, 0.15) is 18.6 Å². The van der Waals surface area contributed by atoms with Crippen LogP contribution in [-0.2, 0) is 57.1 Å². The molecule has 0 aromatic rings. The molecule has 0 unspecified atom stereocenters. The van der Waals surface area contributed by atoms with Crippen LogP contribution in [0.25, 0.3) is 0 Å². The molecule has 1 atom stereocenters. The van der Waals surface area contributed by atoms with E-state index >= 15 is 0 Å². The lowest BCUT2D eigenvalue weighted by Gasteiger charge is -2.33. The normalized spacial score (nSPS) is 14.8. The Balaban J connectivity index is 0.00000188. The number of nitrogens with zero attached hydrogens (tertiary/aromatic N) is 8. The van der Waals surface area contributed by atoms with Gasteiger partial charge in [-0.3, -0.25) is 91.4 Å². The van der Waals surface area contributed by atoms with Gasteiger partial charge in [0.15, 0.2) is 0 Å². The number of nitrogens with one attached hydrogen (secondary N) is 4. The van der Waals surface area contributed by atoms with E-state index in [4.69, 9.17) is 25.5 Å². The number of aliphatic hydroxyl groups is 1. The second kappa shape index (κ2) is 45.9. The standard InChI is InChI=1S/C29H58N8O14P2.C20H36N4O9/c1-2-33-9-11-34(13-14-36(21-28(43)44)16-15-35(12-10-33)20-27(41)42)19-26(40)32-24(29(45)31-8-5-17-38)6-3-4-7-30-25(39)18-37(22-52(46,47)48)23-53(49,50)51;1-2-3-4-5-6-21-16(25)11-23(13-18(28)29)9-7-22(12-17(26)27)8-10-24(14-19(30)31)15-20(32)33/h24,38H,2-23H2,1H3,(H,30,39)(H,31,45)(H,32,40)(H,41,42)(H,43,44)(H2,46,47,48)(H2,49,50,51);2-15H2,1H3,(H,21,25)(H,26,27)(H,28,29)(H,30,31)(H,32,33)/t24-;/m1./s1. The molecule has 0 spiro atoms. The molecule has 0 radical (unpaired) electrons. The highest BCUT2D eigenvalue weighted by Gasteiger charge is 2.28. The summed E-state index contributed by atoms with van der Waals surface area (Å²) in [7, 11) is -9.43. The van der Waals surface area contributed by atoms with Crippen molar-refractivity contribution in [2.24, 2.45) is 0 Å². The molecule has 1 aliphatic rings. The summed E-state index contributed by atoms with van der Waals surface area (Å²) >= 11 is 0. The fourth-order valence-corrected chi connectivity index (χ4v) is 10.2. The SMILES string of the molecule is CCCCCCNC(=O)CN(CCN(CCN(CC(=O)O)CC(=O)O)CC(=O)O)CC(=O)O.CCN1CCN(CC(=O)O)CCN(CC(=O)O)CCN(CC(=O)N[C@H](CCCCNC(=O)CN(CP(=O)(O)O)CP(=O)(O)O)C(=O)NCCCO)CC1. The highest BCUT2D eigenvalue weighted by Crippen LogP contribution is 2.40. The Morgan fingerprint density at radius 2 is 0.802 bits per heavy atom. The summed E-state index contributed by atoms with van der Waals surface area (Å²) in [6.07, 6.45) is 3.01. The maximum absolute atomic E-state index is 13.3. The van der Waals surface area contributed by atoms with Gasteiger partial charge < -0.3 is 81.5 Å². The quantitative estimate of drug-likeness (QED) is 0.0201. The molecule has 1 rings (SSSR count). The van der Waals surface area contributed by atoms with Gasteiger partial charge in [0.25, 0.3) is 0 Å². The molecule has 1 heterocycles. The molecule has 498 valence electrons. The number of carboxylic acids is 6. The largest absolute Gasteiger partial charge is 0.480 e. The number of carboxylic acid groups (broad SMARTS) is 6. The van der Waals surface area contributed by atoms with Crippen molar-refractivity contribution in [2.75, 3.05) is 183 Å². The van der Waals surface area contributed by atoms with E-state index in [1.807, 2.05) is 11.8 Å². The number of carbonyl (C=O) groups is 10. The Hall–Kier alpha value is -5.36. The van der Waals surface area contributed by atoms with Crippen LogP contribution in [0.1, 0.15) is 65.2 Å². The van der Waals surface area contributed by atoms with Gasteiger partial charge in [-0.15, -0.1) is 0 Å². The number of hydrogen-bond donors (Lipinski definition) is 15. The number of unbranched alkanes of at least 4 members (excludes halogenated alkanes) is 4. The molecule has 4 amide bonds. The van der Waals surface area contributed by atoms with Gasteiger partial charge in [0.2, 0.25) is 23.6 Å². The fourth-order valence-electron chi connectivity index (χ4n) is 8.57. The van der Waals surface area contributed by atoms with Gasteiger partial charge in [-0.2, -0.15) is 0 Å². The minimum Gasteiger partial charge on any atom is -0.480 e. The van der Waals surface area contributed by atoms with E-state index in [1.165, 1.54) is 9.80 Å². The van der Waals surface area contributed by atoms with Crippen LogP contribution in [0, 0.1) is 0 Å². The Kier molecular flexibility index (Phi) is 43.0. The second-order valence-electron chi connectivity index (χ2n) is 20.5. The van der Waals surface area contributed by atoms with Crippen LogP contribution in [0.3, 0.4) is 0 Å². The molecule has 1 fully saturated rings. The molecule has 37 heteroatoms. The summed E-state index contributed by atoms with van der Waals surface area (Å²) in [6, 6.07) is -0.970. The lowest BCUT2D eigenvalue weighted by Crippen LogP contribution is -2.52. The van der Waals surface area contributed by atoms with Crippen molar-refractivity contribution in [1.29, 1.82) is 0 Å². The predicted molar refractivity (Wildman–Crippen MR) is 308 cm³/mol. The van der Waals surface area contributed by atoms with E-state index in [-0.39, 0.29) is 84.4 Å². The van der Waals surface area contributed by atoms with Crippen molar-refractivity contribution < 1.29 is 112 Å². The zero-order valence-corrected chi connectivity index (χ0v) is 51.1. The summed E-state index contributed by atoms with van der Waals surface area (Å²) in [5.41, 5.74) is 0. The molecule has 0 aromatic heterocycles. The van der Waals surface area contributed by atoms with E-state index in [0.717, 1.165) is 30.6 Å². The zero-order chi connectivity index (χ0) is 65.3. The maximum Gasteiger partial charge on any atom is 0.339 e. The van der Waals surface area contributed by atoms with Crippen LogP contribution in [0.4, 0.5) is 0 Å². The highest BCUT2D eigenvalue weighted by molar-refractivity contribution is 7.52. The van der Waals surface area contributed by atoms with Crippen molar-refractivity contribution >= 4 is 74.6 Å². The summed E-state index contributed by atoms with van der Waals surface area (Å²) in [4.78, 5) is 167. The van der Waals surface area contributed by atoms with Crippen molar-refractivity contribution in [3.8, 4) is 0 Å². The van der Waals surface area contributed by atoms with Crippen LogP contribution in [0.2, 0.25) is 0 Å². The van der Waals surface area contributed by atoms with E-state index in [1.54, 1.807) is 9.80 Å². The topological polar surface area (TPSA) is 501 Å². The van der Waals surface area contributed by atoms with Crippen LogP contribution in [0.15, 0.2) is 0 Å². The summed E-state index contributed by atoms with van der Waals surface area (Å²) in [6.45, 7) is 5.59. The molecule has 15 N–H and O–H groups in total. The lowest BCUT2D eigenvalue weighted by molar-refractivity contribution is -0.143. The number of aliphatic carboxylic acids is 6. The van der Waals surface area contributed by atoms with Crippen LogP contribution < -0.4 is 21.3 Å². The van der Waals surface area contributed by atoms with Crippen LogP contribution in [-0.4, -0.2) is 343 Å². The average molecular weight is 1280 g/mol. The number of carbonyl (C=O) groups excluding carboxylic acids is 4. The third kappa shape index (κ3) is 46.8. The molecular weight excluding hydrogens is 1190 g/mol. The predicted octanol–water partition coefficient (Wildman–Crippen LogP) is -4.83. The van der Waals surface area contributed by atoms with Crippen molar-refractivity contribution in [3.05, 3.63) is 0 Å². The number of amides is 4. The number of aliphatic hydroxyl groups excluding tert-OH is 1. The Labute approximate surface area is 500 Å². The molecule has 1 aliphatic heterocycles. The molecule has 0 bridgehead atoms. The third-order valence-electron chi connectivity index (χ3n) is 12.7. The van der Waals surface area contributed by atoms with Crippen molar-refractivity contribution in [3.63, 3.8) is 0 Å². The van der Waals surface area contributed by atoms with Crippen LogP contribution >= 0.6 is 15.2 Å². The maximum atomic E-state index is 13.3. The zero-order valence-electron chi connectivity index (χ0n) is 49.3. The first-order valence-corrected chi connectivity index (χ1v) is 31.8. The smallest absolute Gasteiger partial charge is 0.339 e. The minimum absolute atomic E-state index is 0.0109. The molecule has 1 saturated heterocycles. The first-order valence-electron chi connectivity index (χ1n) is 28.2. The Bertz CT molecular complexity index is 2140. The van der Waals surface area contributed by atoms with E-state index in [2.05, 4.69) is 33.1 Å². The van der Waals surface area contributed by atoms with Crippen molar-refractivity contribution in [1.82, 2.24) is 60.5 Å². The molecule has 0 aliphatic carbocycles. The van der Waals surface area contributed by atoms with Gasteiger partial charge in [-0.1, -0.05) is 33.1 Å². The summed E-state index contributed by atoms with van der Waals surface area (Å²) in [5.74, 6) is -8.72. The first-order chi connectivity index (χ1) is 40.3. The number of likely N-dealkylation sites (N-methyl/N-ethyl adjacent to an activating group) is 1. The van der Waals surface area contributed by atoms with Gasteiger partial charge in [-0.05, 0) is 38.6 Å². The van der Waals surface area contributed by atoms with Crippen molar-refractivity contribution in [2.45, 2.75) is 71.3 Å². The van der Waals surface area contributed by atoms with Gasteiger partial charge in [0.05, 0.1) is 58.9 Å². The van der Waals surface area contributed by atoms with E-state index in [9.17, 15) is 86.9 Å². The number of rotatable bonds is 44. The minimum atomic E-state index is -4.72. The molecule has 0 saturated carbocycles. The second-order valence-corrected chi connectivity index (χ2v) is 23.7. The van der Waals surface area contributed by atoms with Gasteiger partial charge in [-0.25, -0.2) is 0 Å². The van der Waals surface area contributed by atoms with E-state index in [0.29, 0.717) is 89.6 Å². The monoisotopic (exact) mass is 1280 g/mol. The lowest BCUT2D eigenvalue weighted by atomic mass is 10.1. The fraction of sp³-hybridized carbons (Fsp3) is 0.796. The van der Waals surface area contributed by atoms with Gasteiger partial charge >= 0.3 is 51.0 Å².